The van der Waals surface area contributed by atoms with Gasteiger partial charge in [-0.1, -0.05) is 18.2 Å². The van der Waals surface area contributed by atoms with Gasteiger partial charge in [0.25, 0.3) is 0 Å². The van der Waals surface area contributed by atoms with E-state index in [0.717, 1.165) is 67.7 Å². The van der Waals surface area contributed by atoms with Crippen LogP contribution < -0.4 is 4.90 Å². The average Bonchev–Trinajstić information content (AvgIpc) is 3.55. The Morgan fingerprint density at radius 3 is 2.62 bits per heavy atom. The molecule has 2 aliphatic rings. The van der Waals surface area contributed by atoms with Crippen LogP contribution in [0.15, 0.2) is 36.8 Å². The highest BCUT2D eigenvalue weighted by molar-refractivity contribution is 7.15. The normalized spacial score (nSPS) is 16.7. The van der Waals surface area contributed by atoms with E-state index in [1.54, 1.807) is 17.7 Å². The van der Waals surface area contributed by atoms with Crippen molar-refractivity contribution in [2.24, 2.45) is 7.05 Å². The van der Waals surface area contributed by atoms with Crippen LogP contribution >= 0.6 is 11.3 Å². The van der Waals surface area contributed by atoms with Crippen molar-refractivity contribution in [1.82, 2.24) is 29.0 Å². The lowest BCUT2D eigenvalue weighted by atomic mass is 10.1. The Bertz CT molecular complexity index is 1600. The van der Waals surface area contributed by atoms with E-state index in [2.05, 4.69) is 70.3 Å². The number of para-hydroxylation sites is 1. The van der Waals surface area contributed by atoms with Gasteiger partial charge in [0.1, 0.15) is 22.4 Å². The zero-order valence-corrected chi connectivity index (χ0v) is 22.7. The molecule has 0 atom stereocenters. The molecule has 0 radical (unpaired) electrons. The molecule has 0 aliphatic carbocycles. The van der Waals surface area contributed by atoms with E-state index in [1.165, 1.54) is 51.0 Å². The number of fused-ring (bicyclic) bond motifs is 4. The van der Waals surface area contributed by atoms with E-state index in [4.69, 9.17) is 15.0 Å². The molecule has 6 heterocycles. The summed E-state index contributed by atoms with van der Waals surface area (Å²) in [5.74, 6) is 1.09. The van der Waals surface area contributed by atoms with Gasteiger partial charge in [0.15, 0.2) is 5.82 Å². The van der Waals surface area contributed by atoms with Gasteiger partial charge in [0.2, 0.25) is 0 Å². The number of nitrogens with zero attached hydrogens (tertiary/aromatic N) is 7. The minimum absolute atomic E-state index is 0.974. The molecule has 4 aromatic heterocycles. The zero-order chi connectivity index (χ0) is 25.1. The number of hydrogen-bond acceptors (Lipinski definition) is 6. The van der Waals surface area contributed by atoms with E-state index in [9.17, 15) is 0 Å². The van der Waals surface area contributed by atoms with Gasteiger partial charge in [0, 0.05) is 74.0 Å². The molecule has 7 nitrogen and oxygen atoms in total. The maximum absolute atomic E-state index is 4.95. The third-order valence-electron chi connectivity index (χ3n) is 8.26. The topological polar surface area (TPSA) is 55.0 Å². The monoisotopic (exact) mass is 511 g/mol. The Balaban J connectivity index is 1.20. The van der Waals surface area contributed by atoms with Crippen LogP contribution in [0.25, 0.3) is 32.5 Å². The molecule has 8 heteroatoms. The molecule has 1 fully saturated rings. The Labute approximate surface area is 221 Å². The lowest BCUT2D eigenvalue weighted by Gasteiger charge is -2.35. The highest BCUT2D eigenvalue weighted by Crippen LogP contribution is 2.41. The summed E-state index contributed by atoms with van der Waals surface area (Å²) in [5.41, 5.74) is 8.77. The number of benzene rings is 1. The molecule has 1 saturated heterocycles. The average molecular weight is 512 g/mol. The van der Waals surface area contributed by atoms with Crippen molar-refractivity contribution in [1.29, 1.82) is 0 Å². The minimum Gasteiger partial charge on any atom is -0.352 e. The van der Waals surface area contributed by atoms with Gasteiger partial charge >= 0.3 is 0 Å². The molecule has 1 aromatic carbocycles. The summed E-state index contributed by atoms with van der Waals surface area (Å²) < 4.78 is 4.76. The second-order valence-electron chi connectivity index (χ2n) is 10.5. The van der Waals surface area contributed by atoms with Crippen LogP contribution in [0.5, 0.6) is 0 Å². The third kappa shape index (κ3) is 3.77. The molecule has 5 aromatic rings. The Morgan fingerprint density at radius 1 is 0.973 bits per heavy atom. The number of piperazine rings is 1. The molecule has 0 N–H and O–H groups in total. The van der Waals surface area contributed by atoms with Crippen LogP contribution in [0.4, 0.5) is 5.82 Å². The van der Waals surface area contributed by atoms with Crippen molar-refractivity contribution in [2.45, 2.75) is 46.2 Å². The summed E-state index contributed by atoms with van der Waals surface area (Å²) in [5, 5.41) is 2.48. The molecule has 0 spiro atoms. The summed E-state index contributed by atoms with van der Waals surface area (Å²) in [6, 6.07) is 8.72. The van der Waals surface area contributed by atoms with Gasteiger partial charge in [-0.3, -0.25) is 4.90 Å². The van der Waals surface area contributed by atoms with Crippen molar-refractivity contribution < 1.29 is 0 Å². The molecular formula is C29H33N7S. The van der Waals surface area contributed by atoms with Crippen LogP contribution in [-0.2, 0) is 26.6 Å². The van der Waals surface area contributed by atoms with Crippen molar-refractivity contribution in [2.75, 3.05) is 31.1 Å². The summed E-state index contributed by atoms with van der Waals surface area (Å²) in [7, 11) is 2.14. The van der Waals surface area contributed by atoms with Crippen LogP contribution in [0.1, 0.15) is 34.7 Å². The predicted octanol–water partition coefficient (Wildman–Crippen LogP) is 5.32. The van der Waals surface area contributed by atoms with Crippen molar-refractivity contribution in [3.05, 3.63) is 58.6 Å². The lowest BCUT2D eigenvalue weighted by Crippen LogP contribution is -2.46. The molecule has 0 saturated carbocycles. The van der Waals surface area contributed by atoms with Crippen molar-refractivity contribution in [3.63, 3.8) is 0 Å². The van der Waals surface area contributed by atoms with Crippen molar-refractivity contribution in [3.8, 4) is 10.6 Å². The number of anilines is 1. The maximum atomic E-state index is 4.95. The second kappa shape index (κ2) is 8.96. The number of aromatic nitrogens is 5. The highest BCUT2D eigenvalue weighted by Gasteiger charge is 2.29. The first-order valence-corrected chi connectivity index (χ1v) is 14.2. The van der Waals surface area contributed by atoms with E-state index in [-0.39, 0.29) is 0 Å². The van der Waals surface area contributed by atoms with Crippen molar-refractivity contribution >= 4 is 39.1 Å². The van der Waals surface area contributed by atoms with E-state index in [0.29, 0.717) is 0 Å². The van der Waals surface area contributed by atoms with E-state index >= 15 is 0 Å². The van der Waals surface area contributed by atoms with Gasteiger partial charge in [-0.25, -0.2) is 15.0 Å². The largest absolute Gasteiger partial charge is 0.352 e. The number of thiazole rings is 1. The molecule has 0 bridgehead atoms. The summed E-state index contributed by atoms with van der Waals surface area (Å²) in [6.45, 7) is 10.3. The third-order valence-corrected chi connectivity index (χ3v) is 9.35. The zero-order valence-electron chi connectivity index (χ0n) is 21.9. The number of hydrogen-bond donors (Lipinski definition) is 0. The summed E-state index contributed by atoms with van der Waals surface area (Å²) in [4.78, 5) is 21.0. The predicted molar refractivity (Wildman–Crippen MR) is 151 cm³/mol. The summed E-state index contributed by atoms with van der Waals surface area (Å²) >= 11 is 1.80. The maximum Gasteiger partial charge on any atom is 0.156 e. The molecule has 0 amide bonds. The Kier molecular flexibility index (Phi) is 5.55. The van der Waals surface area contributed by atoms with Crippen LogP contribution in [0, 0.1) is 13.8 Å². The van der Waals surface area contributed by atoms with Gasteiger partial charge in [0.05, 0.1) is 11.3 Å². The molecule has 2 aliphatic heterocycles. The molecule has 37 heavy (non-hydrogen) atoms. The minimum atomic E-state index is 0.974. The molecular weight excluding hydrogens is 478 g/mol. The smallest absolute Gasteiger partial charge is 0.156 e. The van der Waals surface area contributed by atoms with Crippen LogP contribution in [-0.4, -0.2) is 55.2 Å². The first kappa shape index (κ1) is 22.9. The molecule has 0 unspecified atom stereocenters. The van der Waals surface area contributed by atoms with E-state index in [1.807, 2.05) is 0 Å². The SMILES string of the molecule is Cc1nc(-c2c3n(c4c(N5CCN(Cc6cn(C)c7ccccc67)CC5)ncnc24)CCCC3)sc1C. The summed E-state index contributed by atoms with van der Waals surface area (Å²) in [6.07, 6.45) is 7.58. The van der Waals surface area contributed by atoms with Crippen LogP contribution in [0.2, 0.25) is 0 Å². The number of rotatable bonds is 4. The fourth-order valence-corrected chi connectivity index (χ4v) is 7.21. The Morgan fingerprint density at radius 2 is 1.81 bits per heavy atom. The quantitative estimate of drug-likeness (QED) is 0.327. The Hall–Kier alpha value is -3.23. The lowest BCUT2D eigenvalue weighted by molar-refractivity contribution is 0.250. The highest BCUT2D eigenvalue weighted by atomic mass is 32.1. The fourth-order valence-electron chi connectivity index (χ4n) is 6.22. The van der Waals surface area contributed by atoms with Gasteiger partial charge < -0.3 is 14.0 Å². The fraction of sp³-hybridized carbons (Fsp3) is 0.414. The first-order chi connectivity index (χ1) is 18.1. The van der Waals surface area contributed by atoms with Crippen LogP contribution in [0.3, 0.4) is 0 Å². The van der Waals surface area contributed by atoms with Gasteiger partial charge in [-0.2, -0.15) is 0 Å². The van der Waals surface area contributed by atoms with Gasteiger partial charge in [-0.15, -0.1) is 11.3 Å². The standard InChI is InChI=1S/C29H33N7S/c1-19-20(2)37-29(32-19)25-24-10-6-7-11-36(24)27-26(25)30-18-31-28(27)35-14-12-34(13-15-35)17-21-16-33(3)23-9-5-4-8-22(21)23/h4-5,8-9,16,18H,6-7,10-15,17H2,1-3H3. The number of aryl methyl sites for hydroxylation is 4. The van der Waals surface area contributed by atoms with Gasteiger partial charge in [-0.05, 0) is 44.7 Å². The van der Waals surface area contributed by atoms with E-state index < -0.39 is 0 Å². The molecule has 7 rings (SSSR count). The second-order valence-corrected chi connectivity index (χ2v) is 11.7. The first-order valence-electron chi connectivity index (χ1n) is 13.4. The molecule has 190 valence electrons.